The maximum absolute atomic E-state index is 13.0. The van der Waals surface area contributed by atoms with Crippen LogP contribution in [0.5, 0.6) is 11.5 Å². The quantitative estimate of drug-likeness (QED) is 0.572. The predicted octanol–water partition coefficient (Wildman–Crippen LogP) is 4.24. The third kappa shape index (κ3) is 4.47. The second-order valence-corrected chi connectivity index (χ2v) is 7.89. The number of nitrogens with zero attached hydrogens (tertiary/aromatic N) is 2. The molecule has 1 heterocycles. The number of ether oxygens (including phenoxy) is 2. The Labute approximate surface area is 187 Å². The van der Waals surface area contributed by atoms with Crippen LogP contribution >= 0.6 is 0 Å². The average molecular weight is 436 g/mol. The van der Waals surface area contributed by atoms with Gasteiger partial charge in [0.1, 0.15) is 0 Å². The first-order valence-corrected chi connectivity index (χ1v) is 11.3. The molecule has 0 aliphatic heterocycles. The molecule has 1 N–H and O–H groups in total. The number of aromatic nitrogens is 2. The molecule has 32 heavy (non-hydrogen) atoms. The highest BCUT2D eigenvalue weighted by Gasteiger charge is 2.21. The van der Waals surface area contributed by atoms with Gasteiger partial charge in [0.2, 0.25) is 0 Å². The molecule has 0 bridgehead atoms. The van der Waals surface area contributed by atoms with E-state index in [2.05, 4.69) is 10.4 Å². The van der Waals surface area contributed by atoms with E-state index in [0.29, 0.717) is 41.4 Å². The van der Waals surface area contributed by atoms with Gasteiger partial charge in [-0.3, -0.25) is 9.59 Å². The van der Waals surface area contributed by atoms with E-state index in [1.54, 1.807) is 22.9 Å². The Morgan fingerprint density at radius 3 is 2.44 bits per heavy atom. The van der Waals surface area contributed by atoms with Crippen LogP contribution in [0, 0.1) is 0 Å². The van der Waals surface area contributed by atoms with Crippen LogP contribution in [0.1, 0.15) is 61.6 Å². The highest BCUT2D eigenvalue weighted by atomic mass is 16.5. The van der Waals surface area contributed by atoms with Gasteiger partial charge >= 0.3 is 0 Å². The Morgan fingerprint density at radius 1 is 1.03 bits per heavy atom. The Bertz CT molecular complexity index is 1170. The number of carbonyl (C=O) groups excluding carboxylic acids is 1. The van der Waals surface area contributed by atoms with Crippen molar-refractivity contribution in [2.75, 3.05) is 13.2 Å². The fourth-order valence-corrected chi connectivity index (χ4v) is 4.26. The van der Waals surface area contributed by atoms with Gasteiger partial charge in [-0.05, 0) is 51.0 Å². The number of benzene rings is 2. The number of fused-ring (bicyclic) bond motifs is 1. The smallest absolute Gasteiger partial charge is 0.274 e. The normalized spacial score (nSPS) is 13.9. The molecular weight excluding hydrogens is 406 g/mol. The van der Waals surface area contributed by atoms with Crippen LogP contribution in [0.15, 0.2) is 47.3 Å². The Balaban J connectivity index is 1.60. The molecule has 0 atom stereocenters. The molecule has 1 fully saturated rings. The van der Waals surface area contributed by atoms with Crippen molar-refractivity contribution in [3.63, 3.8) is 0 Å². The number of hydrogen-bond donors (Lipinski definition) is 1. The van der Waals surface area contributed by atoms with E-state index in [4.69, 9.17) is 9.47 Å². The van der Waals surface area contributed by atoms with Gasteiger partial charge < -0.3 is 14.8 Å². The number of amides is 1. The van der Waals surface area contributed by atoms with Gasteiger partial charge in [0.15, 0.2) is 11.5 Å². The van der Waals surface area contributed by atoms with Gasteiger partial charge in [-0.2, -0.15) is 5.10 Å². The molecule has 0 radical (unpaired) electrons. The first-order chi connectivity index (χ1) is 15.6. The number of carbonyl (C=O) groups is 1. The highest BCUT2D eigenvalue weighted by Crippen LogP contribution is 2.29. The van der Waals surface area contributed by atoms with Crippen LogP contribution in [0.3, 0.4) is 0 Å². The first kappa shape index (κ1) is 21.9. The Morgan fingerprint density at radius 2 is 1.72 bits per heavy atom. The van der Waals surface area contributed by atoms with Crippen LogP contribution in [-0.4, -0.2) is 28.9 Å². The SMILES string of the molecule is CCOc1ccc(C(=O)NCc2nn(C3CCCC3)c(=O)c3ccccc23)cc1OCC. The maximum Gasteiger partial charge on any atom is 0.274 e. The molecule has 0 unspecified atom stereocenters. The lowest BCUT2D eigenvalue weighted by atomic mass is 10.1. The van der Waals surface area contributed by atoms with Gasteiger partial charge in [-0.1, -0.05) is 31.0 Å². The van der Waals surface area contributed by atoms with Crippen molar-refractivity contribution in [2.45, 2.75) is 52.1 Å². The van der Waals surface area contributed by atoms with Crippen LogP contribution in [0.4, 0.5) is 0 Å². The van der Waals surface area contributed by atoms with Crippen LogP contribution < -0.4 is 20.3 Å². The van der Waals surface area contributed by atoms with Crippen molar-refractivity contribution in [1.82, 2.24) is 15.1 Å². The summed E-state index contributed by atoms with van der Waals surface area (Å²) in [7, 11) is 0. The standard InChI is InChI=1S/C25H29N3O4/c1-3-31-22-14-13-17(15-23(22)32-4-2)24(29)26-16-21-19-11-7-8-12-20(19)25(30)28(27-21)18-9-5-6-10-18/h7-8,11-15,18H,3-6,9-10,16H2,1-2H3,(H,26,29). The van der Waals surface area contributed by atoms with Crippen molar-refractivity contribution in [3.8, 4) is 11.5 Å². The summed E-state index contributed by atoms with van der Waals surface area (Å²) in [5, 5.41) is 9.04. The second kappa shape index (κ2) is 9.85. The van der Waals surface area contributed by atoms with E-state index in [1.807, 2.05) is 38.1 Å². The van der Waals surface area contributed by atoms with Crippen LogP contribution in [0.25, 0.3) is 10.8 Å². The van der Waals surface area contributed by atoms with Crippen molar-refractivity contribution in [2.24, 2.45) is 0 Å². The molecule has 1 aromatic heterocycles. The topological polar surface area (TPSA) is 82.5 Å². The molecule has 1 aliphatic carbocycles. The molecule has 1 amide bonds. The molecule has 0 saturated heterocycles. The molecule has 4 rings (SSSR count). The van der Waals surface area contributed by atoms with E-state index in [0.717, 1.165) is 31.1 Å². The zero-order valence-electron chi connectivity index (χ0n) is 18.6. The van der Waals surface area contributed by atoms with Gasteiger partial charge in [0.05, 0.1) is 36.9 Å². The lowest BCUT2D eigenvalue weighted by Gasteiger charge is -2.16. The zero-order valence-corrected chi connectivity index (χ0v) is 18.6. The minimum absolute atomic E-state index is 0.0598. The summed E-state index contributed by atoms with van der Waals surface area (Å²) in [5.74, 6) is 0.918. The monoisotopic (exact) mass is 435 g/mol. The molecule has 0 spiro atoms. The molecule has 1 saturated carbocycles. The summed E-state index contributed by atoms with van der Waals surface area (Å²) in [6, 6.07) is 12.7. The summed E-state index contributed by atoms with van der Waals surface area (Å²) in [6.07, 6.45) is 4.14. The van der Waals surface area contributed by atoms with Gasteiger partial charge in [0.25, 0.3) is 11.5 Å². The summed E-state index contributed by atoms with van der Waals surface area (Å²) in [6.45, 7) is 5.01. The fourth-order valence-electron chi connectivity index (χ4n) is 4.26. The highest BCUT2D eigenvalue weighted by molar-refractivity contribution is 5.95. The summed E-state index contributed by atoms with van der Waals surface area (Å²) in [4.78, 5) is 25.9. The van der Waals surface area contributed by atoms with Crippen LogP contribution in [-0.2, 0) is 6.54 Å². The van der Waals surface area contributed by atoms with E-state index >= 15 is 0 Å². The van der Waals surface area contributed by atoms with Gasteiger partial charge in [-0.25, -0.2) is 4.68 Å². The average Bonchev–Trinajstić information content (AvgIpc) is 3.35. The van der Waals surface area contributed by atoms with Crippen molar-refractivity contribution < 1.29 is 14.3 Å². The van der Waals surface area contributed by atoms with E-state index < -0.39 is 0 Å². The third-order valence-corrected chi connectivity index (χ3v) is 5.80. The lowest BCUT2D eigenvalue weighted by Crippen LogP contribution is -2.30. The van der Waals surface area contributed by atoms with Crippen LogP contribution in [0.2, 0.25) is 0 Å². The minimum Gasteiger partial charge on any atom is -0.490 e. The molecule has 2 aromatic carbocycles. The largest absolute Gasteiger partial charge is 0.490 e. The second-order valence-electron chi connectivity index (χ2n) is 7.89. The number of hydrogen-bond acceptors (Lipinski definition) is 5. The molecular formula is C25H29N3O4. The summed E-state index contributed by atoms with van der Waals surface area (Å²) >= 11 is 0. The van der Waals surface area contributed by atoms with Gasteiger partial charge in [-0.15, -0.1) is 0 Å². The Kier molecular flexibility index (Phi) is 6.73. The van der Waals surface area contributed by atoms with Gasteiger partial charge in [0, 0.05) is 10.9 Å². The van der Waals surface area contributed by atoms with Crippen molar-refractivity contribution in [1.29, 1.82) is 0 Å². The third-order valence-electron chi connectivity index (χ3n) is 5.80. The molecule has 168 valence electrons. The first-order valence-electron chi connectivity index (χ1n) is 11.3. The summed E-state index contributed by atoms with van der Waals surface area (Å²) < 4.78 is 12.8. The molecule has 1 aliphatic rings. The molecule has 7 heteroatoms. The number of rotatable bonds is 8. The fraction of sp³-hybridized carbons (Fsp3) is 0.400. The predicted molar refractivity (Wildman–Crippen MR) is 123 cm³/mol. The van der Waals surface area contributed by atoms with Crippen molar-refractivity contribution in [3.05, 3.63) is 64.1 Å². The molecule has 3 aromatic rings. The number of nitrogens with one attached hydrogen (secondary N) is 1. The lowest BCUT2D eigenvalue weighted by molar-refractivity contribution is 0.0950. The maximum atomic E-state index is 13.0. The minimum atomic E-state index is -0.238. The van der Waals surface area contributed by atoms with E-state index in [-0.39, 0.29) is 24.1 Å². The molecule has 7 nitrogen and oxygen atoms in total. The van der Waals surface area contributed by atoms with Crippen molar-refractivity contribution >= 4 is 16.7 Å². The van der Waals surface area contributed by atoms with E-state index in [1.165, 1.54) is 0 Å². The Hall–Kier alpha value is -3.35. The van der Waals surface area contributed by atoms with E-state index in [9.17, 15) is 9.59 Å². The zero-order chi connectivity index (χ0) is 22.5. The summed E-state index contributed by atoms with van der Waals surface area (Å²) in [5.41, 5.74) is 1.11.